The van der Waals surface area contributed by atoms with E-state index in [0.29, 0.717) is 32.1 Å². The molecule has 0 aromatic carbocycles. The van der Waals surface area contributed by atoms with Gasteiger partial charge in [0.15, 0.2) is 12.2 Å². The molecule has 5 unspecified atom stereocenters. The third-order valence-electron chi connectivity index (χ3n) is 17.3. The number of carbonyl (C=O) groups is 4. The Labute approximate surface area is 656 Å². The molecule has 19 heteroatoms. The number of esters is 4. The van der Waals surface area contributed by atoms with Crippen LogP contribution in [-0.4, -0.2) is 96.7 Å². The van der Waals surface area contributed by atoms with Gasteiger partial charge in [-0.1, -0.05) is 289 Å². The summed E-state index contributed by atoms with van der Waals surface area (Å²) in [6.45, 7) is 4.55. The first kappa shape index (κ1) is 103. The molecule has 17 nitrogen and oxygen atoms in total. The molecule has 618 valence electrons. The van der Waals surface area contributed by atoms with Crippen molar-refractivity contribution in [2.75, 3.05) is 39.6 Å². The highest BCUT2D eigenvalue weighted by Crippen LogP contribution is 2.45. The van der Waals surface area contributed by atoms with E-state index < -0.39 is 97.5 Å². The van der Waals surface area contributed by atoms with Crippen molar-refractivity contribution in [3.8, 4) is 0 Å². The molecule has 0 aliphatic heterocycles. The Bertz CT molecular complexity index is 2610. The molecule has 0 aromatic heterocycles. The summed E-state index contributed by atoms with van der Waals surface area (Å²) in [4.78, 5) is 73.2. The Balaban J connectivity index is 5.42. The van der Waals surface area contributed by atoms with Crippen molar-refractivity contribution in [1.82, 2.24) is 0 Å². The lowest BCUT2D eigenvalue weighted by atomic mass is 10.1. The maximum Gasteiger partial charge on any atom is 0.472 e. The zero-order valence-electron chi connectivity index (χ0n) is 67.7. The molecular formula is C89H150O17P2. The summed E-state index contributed by atoms with van der Waals surface area (Å²) in [5, 5.41) is 10.7. The van der Waals surface area contributed by atoms with Gasteiger partial charge in [-0.05, 0) is 167 Å². The monoisotopic (exact) mass is 1550 g/mol. The standard InChI is InChI=1S/C89H150O17P2/c1-5-9-13-17-21-25-29-33-37-39-41-43-47-49-53-57-61-65-69-73-86(91)99-79-84(105-88(93)75-71-67-63-59-55-51-45-35-31-27-23-19-15-11-7-3)81-103-107(95,96)101-77-83(90)78-102-108(97,98)104-82-85(106-89(94)76-72-68-64-60-56-52-46-36-32-28-24-20-16-12-8-4)80-100-87(92)74-70-66-62-58-54-50-48-44-42-40-38-34-30-26-22-18-14-10-6-2/h9,12-13,16,21-22,24-26,28,33-38,41-46,56,60,83-85,90H,5-8,10-11,14-15,17-20,23,27,29-32,39-40,47-55,57-59,61-82H2,1-4H3,(H,95,96)(H,97,98)/b13-9-,16-12-,25-21-,26-22-,28-24-,37-33-,38-34-,43-41-,44-42-,45-35-,46-36-,60-56-. The van der Waals surface area contributed by atoms with E-state index in [4.69, 9.17) is 37.0 Å². The Hall–Kier alpha value is -5.06. The molecule has 0 saturated heterocycles. The minimum Gasteiger partial charge on any atom is -0.462 e. The van der Waals surface area contributed by atoms with Gasteiger partial charge < -0.3 is 33.8 Å². The Morgan fingerprint density at radius 3 is 0.787 bits per heavy atom. The molecule has 0 saturated carbocycles. The smallest absolute Gasteiger partial charge is 0.462 e. The third-order valence-corrected chi connectivity index (χ3v) is 19.2. The highest BCUT2D eigenvalue weighted by molar-refractivity contribution is 7.47. The SMILES string of the molecule is CC/C=C\C/C=C\C/C=C\C/C=C\CCCCCCCCC(=O)OCC(COP(=O)(O)OCC(O)COP(=O)(O)OCC(COC(=O)CCCCCCCC/C=C\C/C=C\C/C=C\CCCCC)OC(=O)CCCC/C=C\C/C=C\C/C=C\C/C=C\CC)OC(=O)CCCCCCC/C=C\CCCCCCCC. The summed E-state index contributed by atoms with van der Waals surface area (Å²) < 4.78 is 68.7. The van der Waals surface area contributed by atoms with E-state index in [1.54, 1.807) is 0 Å². The summed E-state index contributed by atoms with van der Waals surface area (Å²) >= 11 is 0. The van der Waals surface area contributed by atoms with Crippen LogP contribution in [0.1, 0.15) is 336 Å². The van der Waals surface area contributed by atoms with Gasteiger partial charge in [0, 0.05) is 25.7 Å². The molecule has 3 N–H and O–H groups in total. The number of phosphoric acid groups is 2. The number of hydrogen-bond donors (Lipinski definition) is 3. The normalized spacial score (nSPS) is 14.5. The van der Waals surface area contributed by atoms with Gasteiger partial charge in [0.2, 0.25) is 0 Å². The van der Waals surface area contributed by atoms with E-state index in [0.717, 1.165) is 193 Å². The Kier molecular flexibility index (Phi) is 76.3. The molecule has 0 bridgehead atoms. The van der Waals surface area contributed by atoms with Crippen molar-refractivity contribution in [3.05, 3.63) is 146 Å². The summed E-state index contributed by atoms with van der Waals surface area (Å²) in [7, 11) is -9.99. The molecule has 0 heterocycles. The maximum atomic E-state index is 13.1. The minimum absolute atomic E-state index is 0.0359. The fraction of sp³-hybridized carbons (Fsp3) is 0.685. The van der Waals surface area contributed by atoms with Crippen molar-refractivity contribution in [3.63, 3.8) is 0 Å². The fourth-order valence-corrected chi connectivity index (χ4v) is 12.5. The first-order valence-corrected chi connectivity index (χ1v) is 45.1. The summed E-state index contributed by atoms with van der Waals surface area (Å²) in [5.41, 5.74) is 0. The second-order valence-corrected chi connectivity index (χ2v) is 30.6. The van der Waals surface area contributed by atoms with Gasteiger partial charge in [0.25, 0.3) is 0 Å². The van der Waals surface area contributed by atoms with Crippen LogP contribution in [-0.2, 0) is 65.4 Å². The van der Waals surface area contributed by atoms with E-state index in [9.17, 15) is 43.2 Å². The van der Waals surface area contributed by atoms with E-state index in [1.165, 1.54) is 57.8 Å². The van der Waals surface area contributed by atoms with Crippen LogP contribution in [0.4, 0.5) is 0 Å². The molecule has 0 aliphatic carbocycles. The van der Waals surface area contributed by atoms with Crippen LogP contribution in [0.2, 0.25) is 0 Å². The lowest BCUT2D eigenvalue weighted by Crippen LogP contribution is -2.30. The number of aliphatic hydroxyl groups is 1. The number of unbranched alkanes of at least 4 members (excludes halogenated alkanes) is 28. The predicted octanol–water partition coefficient (Wildman–Crippen LogP) is 25.0. The number of aliphatic hydroxyl groups excluding tert-OH is 1. The number of ether oxygens (including phenoxy) is 4. The van der Waals surface area contributed by atoms with Crippen LogP contribution in [0, 0.1) is 0 Å². The van der Waals surface area contributed by atoms with E-state index >= 15 is 0 Å². The van der Waals surface area contributed by atoms with Crippen LogP contribution in [0.5, 0.6) is 0 Å². The van der Waals surface area contributed by atoms with Gasteiger partial charge >= 0.3 is 39.5 Å². The zero-order valence-corrected chi connectivity index (χ0v) is 69.5. The van der Waals surface area contributed by atoms with Crippen LogP contribution in [0.15, 0.2) is 146 Å². The number of rotatable bonds is 78. The lowest BCUT2D eigenvalue weighted by Gasteiger charge is -2.21. The summed E-state index contributed by atoms with van der Waals surface area (Å²) in [6.07, 6.45) is 92.4. The molecule has 0 rings (SSSR count). The van der Waals surface area contributed by atoms with Crippen molar-refractivity contribution < 1.29 is 80.2 Å². The van der Waals surface area contributed by atoms with Crippen LogP contribution >= 0.6 is 15.6 Å². The van der Waals surface area contributed by atoms with Crippen molar-refractivity contribution in [1.29, 1.82) is 0 Å². The number of carbonyl (C=O) groups excluding carboxylic acids is 4. The van der Waals surface area contributed by atoms with Gasteiger partial charge in [0.1, 0.15) is 19.3 Å². The van der Waals surface area contributed by atoms with E-state index in [1.807, 2.05) is 0 Å². The average molecular weight is 1550 g/mol. The van der Waals surface area contributed by atoms with E-state index in [2.05, 4.69) is 174 Å². The van der Waals surface area contributed by atoms with Crippen molar-refractivity contribution in [2.45, 2.75) is 354 Å². The average Bonchev–Trinajstić information content (AvgIpc) is 0.923. The van der Waals surface area contributed by atoms with Crippen LogP contribution in [0.3, 0.4) is 0 Å². The molecular weight excluding hydrogens is 1400 g/mol. The molecule has 5 atom stereocenters. The fourth-order valence-electron chi connectivity index (χ4n) is 10.9. The second-order valence-electron chi connectivity index (χ2n) is 27.6. The van der Waals surface area contributed by atoms with Gasteiger partial charge in [-0.2, -0.15) is 0 Å². The van der Waals surface area contributed by atoms with Crippen molar-refractivity contribution in [2.24, 2.45) is 0 Å². The topological polar surface area (TPSA) is 237 Å². The molecule has 108 heavy (non-hydrogen) atoms. The molecule has 0 amide bonds. The first-order chi connectivity index (χ1) is 52.7. The molecule has 0 aromatic rings. The van der Waals surface area contributed by atoms with E-state index in [-0.39, 0.29) is 25.7 Å². The maximum absolute atomic E-state index is 13.1. The van der Waals surface area contributed by atoms with Crippen LogP contribution in [0.25, 0.3) is 0 Å². The van der Waals surface area contributed by atoms with Gasteiger partial charge in [-0.15, -0.1) is 0 Å². The number of phosphoric ester groups is 2. The van der Waals surface area contributed by atoms with Gasteiger partial charge in [0.05, 0.1) is 26.4 Å². The predicted molar refractivity (Wildman–Crippen MR) is 445 cm³/mol. The largest absolute Gasteiger partial charge is 0.472 e. The minimum atomic E-state index is -5.00. The summed E-state index contributed by atoms with van der Waals surface area (Å²) in [6, 6.07) is 0. The Morgan fingerprint density at radius 1 is 0.269 bits per heavy atom. The highest BCUT2D eigenvalue weighted by Gasteiger charge is 2.30. The highest BCUT2D eigenvalue weighted by atomic mass is 31.2. The summed E-state index contributed by atoms with van der Waals surface area (Å²) in [5.74, 6) is -2.26. The third kappa shape index (κ3) is 79.0. The first-order valence-electron chi connectivity index (χ1n) is 42.1. The van der Waals surface area contributed by atoms with Gasteiger partial charge in [-0.25, -0.2) is 9.13 Å². The molecule has 0 radical (unpaired) electrons. The lowest BCUT2D eigenvalue weighted by molar-refractivity contribution is -0.161. The van der Waals surface area contributed by atoms with Crippen molar-refractivity contribution >= 4 is 39.5 Å². The quantitative estimate of drug-likeness (QED) is 0.0169. The molecule has 0 fully saturated rings. The number of hydrogen-bond acceptors (Lipinski definition) is 15. The van der Waals surface area contributed by atoms with Gasteiger partial charge in [-0.3, -0.25) is 37.3 Å². The Morgan fingerprint density at radius 2 is 0.481 bits per heavy atom. The molecule has 0 spiro atoms. The second kappa shape index (κ2) is 80.0. The zero-order chi connectivity index (χ0) is 78.9. The van der Waals surface area contributed by atoms with Crippen LogP contribution < -0.4 is 0 Å². The molecule has 0 aliphatic rings. The number of allylic oxidation sites excluding steroid dienone is 24.